The van der Waals surface area contributed by atoms with Crippen LogP contribution in [-0.2, 0) is 16.0 Å². The van der Waals surface area contributed by atoms with Crippen LogP contribution in [-0.4, -0.2) is 24.1 Å². The van der Waals surface area contributed by atoms with Crippen LogP contribution >= 0.6 is 23.1 Å². The van der Waals surface area contributed by atoms with E-state index in [1.54, 1.807) is 30.8 Å². The molecular formula is C29H26NO3S2+. The van der Waals surface area contributed by atoms with Crippen molar-refractivity contribution < 1.29 is 18.9 Å². The van der Waals surface area contributed by atoms with E-state index in [0.29, 0.717) is 22.6 Å². The maximum atomic E-state index is 13.5. The first kappa shape index (κ1) is 24.6. The first-order valence-corrected chi connectivity index (χ1v) is 13.2. The van der Waals surface area contributed by atoms with Gasteiger partial charge in [-0.15, -0.1) is 23.1 Å². The van der Waals surface area contributed by atoms with Crippen LogP contribution in [0, 0.1) is 0 Å². The van der Waals surface area contributed by atoms with Crippen molar-refractivity contribution >= 4 is 40.9 Å². The molecule has 0 fully saturated rings. The molecule has 176 valence electrons. The molecule has 0 amide bonds. The number of rotatable bonds is 10. The van der Waals surface area contributed by atoms with E-state index in [1.807, 2.05) is 71.6 Å². The van der Waals surface area contributed by atoms with Crippen LogP contribution in [0.2, 0.25) is 0 Å². The number of benzene rings is 2. The summed E-state index contributed by atoms with van der Waals surface area (Å²) < 4.78 is 8.23. The highest BCUT2D eigenvalue weighted by molar-refractivity contribution is 8.01. The Morgan fingerprint density at radius 1 is 0.943 bits per heavy atom. The Kier molecular flexibility index (Phi) is 8.65. The molecule has 2 aromatic heterocycles. The van der Waals surface area contributed by atoms with Gasteiger partial charge in [0, 0.05) is 23.4 Å². The summed E-state index contributed by atoms with van der Waals surface area (Å²) in [6.45, 7) is 2.08. The maximum absolute atomic E-state index is 13.5. The topological polar surface area (TPSA) is 47.3 Å². The van der Waals surface area contributed by atoms with Gasteiger partial charge in [-0.05, 0) is 12.5 Å². The van der Waals surface area contributed by atoms with Crippen LogP contribution in [0.1, 0.15) is 33.3 Å². The van der Waals surface area contributed by atoms with E-state index in [0.717, 1.165) is 21.2 Å². The zero-order valence-electron chi connectivity index (χ0n) is 19.4. The molecule has 4 nitrogen and oxygen atoms in total. The van der Waals surface area contributed by atoms with E-state index in [4.69, 9.17) is 4.74 Å². The van der Waals surface area contributed by atoms with Crippen LogP contribution in [0.5, 0.6) is 0 Å². The predicted molar refractivity (Wildman–Crippen MR) is 142 cm³/mol. The van der Waals surface area contributed by atoms with E-state index in [-0.39, 0.29) is 18.2 Å². The number of carbonyl (C=O) groups is 2. The minimum absolute atomic E-state index is 0.0376. The van der Waals surface area contributed by atoms with Crippen LogP contribution in [0.25, 0.3) is 11.8 Å². The molecule has 0 aliphatic heterocycles. The normalized spacial score (nSPS) is 11.0. The van der Waals surface area contributed by atoms with E-state index in [9.17, 15) is 9.59 Å². The second-order valence-corrected chi connectivity index (χ2v) is 9.94. The summed E-state index contributed by atoms with van der Waals surface area (Å²) in [4.78, 5) is 26.7. The van der Waals surface area contributed by atoms with Gasteiger partial charge in [-0.25, -0.2) is 0 Å². The molecule has 0 aliphatic carbocycles. The van der Waals surface area contributed by atoms with Gasteiger partial charge in [-0.1, -0.05) is 78.9 Å². The highest BCUT2D eigenvalue weighted by Crippen LogP contribution is 2.38. The fourth-order valence-corrected chi connectivity index (χ4v) is 6.05. The molecule has 6 heteroatoms. The third-order valence-electron chi connectivity index (χ3n) is 5.21. The van der Waals surface area contributed by atoms with Crippen molar-refractivity contribution in [3.05, 3.63) is 119 Å². The molecule has 0 saturated heterocycles. The van der Waals surface area contributed by atoms with Crippen molar-refractivity contribution in [2.45, 2.75) is 17.6 Å². The molecule has 2 heterocycles. The number of thiophene rings is 1. The predicted octanol–water partition coefficient (Wildman–Crippen LogP) is 6.17. The number of ketones is 1. The standard InChI is InChI=1S/C29H26NO3S2/c1-2-33-25(31)21-24-26(30-18-10-5-11-19-30)29(34-20-12-15-22-13-6-3-7-14-22)35-28(24)27(32)23-16-8-4-9-17-23/h3-19H,2,20-21H2,1H3/q+1/b15-12+. The summed E-state index contributed by atoms with van der Waals surface area (Å²) in [5.41, 5.74) is 3.30. The van der Waals surface area contributed by atoms with Crippen molar-refractivity contribution in [1.29, 1.82) is 0 Å². The number of thioether (sulfide) groups is 1. The van der Waals surface area contributed by atoms with Crippen molar-refractivity contribution in [2.75, 3.05) is 12.4 Å². The zero-order chi connectivity index (χ0) is 24.5. The van der Waals surface area contributed by atoms with Gasteiger partial charge in [-0.2, -0.15) is 4.57 Å². The molecule has 0 bridgehead atoms. The Hall–Kier alpha value is -3.48. The summed E-state index contributed by atoms with van der Waals surface area (Å²) in [7, 11) is 0. The van der Waals surface area contributed by atoms with Gasteiger partial charge in [-0.3, -0.25) is 9.59 Å². The van der Waals surface area contributed by atoms with Crippen LogP contribution < -0.4 is 4.57 Å². The maximum Gasteiger partial charge on any atom is 0.310 e. The lowest BCUT2D eigenvalue weighted by Crippen LogP contribution is -2.31. The largest absolute Gasteiger partial charge is 0.466 e. The molecule has 4 aromatic rings. The summed E-state index contributed by atoms with van der Waals surface area (Å²) >= 11 is 3.10. The average molecular weight is 501 g/mol. The Labute approximate surface area is 213 Å². The number of esters is 1. The van der Waals surface area contributed by atoms with Gasteiger partial charge in [0.25, 0.3) is 0 Å². The number of ether oxygens (including phenoxy) is 1. The lowest BCUT2D eigenvalue weighted by molar-refractivity contribution is -0.598. The molecule has 0 N–H and O–H groups in total. The van der Waals surface area contributed by atoms with Gasteiger partial charge in [0.1, 0.15) is 4.21 Å². The molecule has 0 radical (unpaired) electrons. The Balaban J connectivity index is 1.74. The lowest BCUT2D eigenvalue weighted by Gasteiger charge is -2.05. The van der Waals surface area contributed by atoms with Crippen LogP contribution in [0.15, 0.2) is 102 Å². The Morgan fingerprint density at radius 2 is 1.60 bits per heavy atom. The van der Waals surface area contributed by atoms with Crippen LogP contribution in [0.3, 0.4) is 0 Å². The molecule has 0 saturated carbocycles. The van der Waals surface area contributed by atoms with Crippen molar-refractivity contribution in [3.63, 3.8) is 0 Å². The highest BCUT2D eigenvalue weighted by Gasteiger charge is 2.31. The monoisotopic (exact) mass is 500 g/mol. The molecule has 0 unspecified atom stereocenters. The van der Waals surface area contributed by atoms with Gasteiger partial charge in [0.15, 0.2) is 12.4 Å². The fraction of sp³-hybridized carbons (Fsp3) is 0.138. The molecule has 35 heavy (non-hydrogen) atoms. The molecular weight excluding hydrogens is 474 g/mol. The SMILES string of the molecule is CCOC(=O)Cc1c(C(=O)c2ccccc2)sc(SC/C=C/c2ccccc2)c1-[n+]1ccccc1. The number of hydrogen-bond donors (Lipinski definition) is 0. The van der Waals surface area contributed by atoms with E-state index >= 15 is 0 Å². The quantitative estimate of drug-likeness (QED) is 0.113. The van der Waals surface area contributed by atoms with Crippen molar-refractivity contribution in [3.8, 4) is 5.69 Å². The molecule has 2 aromatic carbocycles. The third-order valence-corrected chi connectivity index (χ3v) is 7.64. The van der Waals surface area contributed by atoms with Gasteiger partial charge in [0.2, 0.25) is 11.5 Å². The van der Waals surface area contributed by atoms with Gasteiger partial charge >= 0.3 is 5.97 Å². The molecule has 0 atom stereocenters. The summed E-state index contributed by atoms with van der Waals surface area (Å²) in [6.07, 6.45) is 8.12. The first-order valence-electron chi connectivity index (χ1n) is 11.4. The number of carbonyl (C=O) groups excluding carboxylic acids is 2. The lowest BCUT2D eigenvalue weighted by atomic mass is 10.0. The summed E-state index contributed by atoms with van der Waals surface area (Å²) in [6, 6.07) is 25.2. The zero-order valence-corrected chi connectivity index (χ0v) is 21.1. The van der Waals surface area contributed by atoms with E-state index in [2.05, 4.69) is 24.3 Å². The summed E-state index contributed by atoms with van der Waals surface area (Å²) in [5, 5.41) is 0. The second-order valence-electron chi connectivity index (χ2n) is 7.63. The smallest absolute Gasteiger partial charge is 0.310 e. The van der Waals surface area contributed by atoms with Crippen molar-refractivity contribution in [1.82, 2.24) is 0 Å². The number of pyridine rings is 1. The number of hydrogen-bond acceptors (Lipinski definition) is 5. The molecule has 0 spiro atoms. The second kappa shape index (κ2) is 12.3. The first-order chi connectivity index (χ1) is 17.2. The van der Waals surface area contributed by atoms with Gasteiger partial charge < -0.3 is 4.74 Å². The molecule has 4 rings (SSSR count). The third kappa shape index (κ3) is 6.35. The van der Waals surface area contributed by atoms with Gasteiger partial charge in [0.05, 0.1) is 23.5 Å². The van der Waals surface area contributed by atoms with Crippen molar-refractivity contribution in [2.24, 2.45) is 0 Å². The number of aromatic nitrogens is 1. The highest BCUT2D eigenvalue weighted by atomic mass is 32.2. The van der Waals surface area contributed by atoms with E-state index < -0.39 is 0 Å². The Bertz CT molecular complexity index is 1300. The average Bonchev–Trinajstić information content (AvgIpc) is 3.25. The number of nitrogens with zero attached hydrogens (tertiary/aromatic N) is 1. The fourth-order valence-electron chi connectivity index (χ4n) is 3.64. The van der Waals surface area contributed by atoms with Crippen LogP contribution in [0.4, 0.5) is 0 Å². The molecule has 0 aliphatic rings. The summed E-state index contributed by atoms with van der Waals surface area (Å²) in [5.74, 6) is 0.304. The van der Waals surface area contributed by atoms with E-state index in [1.165, 1.54) is 11.3 Å². The minimum Gasteiger partial charge on any atom is -0.466 e. The minimum atomic E-state index is -0.342. The Morgan fingerprint density at radius 3 is 2.29 bits per heavy atom.